The second-order valence-corrected chi connectivity index (χ2v) is 4.37. The van der Waals surface area contributed by atoms with Gasteiger partial charge in [0, 0.05) is 12.7 Å². The van der Waals surface area contributed by atoms with Crippen LogP contribution in [0.2, 0.25) is 0 Å². The quantitative estimate of drug-likeness (QED) is 0.883. The van der Waals surface area contributed by atoms with Gasteiger partial charge < -0.3 is 10.0 Å². The van der Waals surface area contributed by atoms with Gasteiger partial charge in [-0.15, -0.1) is 0 Å². The molecule has 5 nitrogen and oxygen atoms in total. The SMILES string of the molecule is CCc1ccccc1N1C(=O)N(C)CC1C(=O)O. The molecule has 1 aliphatic heterocycles. The molecule has 1 unspecified atom stereocenters. The van der Waals surface area contributed by atoms with Gasteiger partial charge in [-0.2, -0.15) is 0 Å². The van der Waals surface area contributed by atoms with Crippen molar-refractivity contribution in [2.75, 3.05) is 18.5 Å². The lowest BCUT2D eigenvalue weighted by Crippen LogP contribution is -2.40. The van der Waals surface area contributed by atoms with Crippen LogP contribution in [0.25, 0.3) is 0 Å². The van der Waals surface area contributed by atoms with Crippen molar-refractivity contribution in [2.45, 2.75) is 19.4 Å². The van der Waals surface area contributed by atoms with Gasteiger partial charge in [-0.1, -0.05) is 25.1 Å². The lowest BCUT2D eigenvalue weighted by molar-refractivity contribution is -0.138. The highest BCUT2D eigenvalue weighted by atomic mass is 16.4. The highest BCUT2D eigenvalue weighted by Gasteiger charge is 2.41. The second kappa shape index (κ2) is 4.68. The van der Waals surface area contributed by atoms with E-state index in [1.54, 1.807) is 13.1 Å². The minimum atomic E-state index is -0.974. The molecule has 0 saturated carbocycles. The molecule has 0 spiro atoms. The number of carboxylic acid groups (broad SMARTS) is 1. The Kier molecular flexibility index (Phi) is 3.23. The number of hydrogen-bond donors (Lipinski definition) is 1. The zero-order valence-electron chi connectivity index (χ0n) is 10.5. The molecule has 1 saturated heterocycles. The van der Waals surface area contributed by atoms with Crippen molar-refractivity contribution < 1.29 is 14.7 Å². The molecule has 1 fully saturated rings. The molecular weight excluding hydrogens is 232 g/mol. The van der Waals surface area contributed by atoms with Crippen molar-refractivity contribution in [3.63, 3.8) is 0 Å². The van der Waals surface area contributed by atoms with Crippen LogP contribution in [0, 0.1) is 0 Å². The first-order chi connectivity index (χ1) is 8.56. The van der Waals surface area contributed by atoms with Gasteiger partial charge >= 0.3 is 12.0 Å². The minimum absolute atomic E-state index is 0.214. The van der Waals surface area contributed by atoms with Crippen molar-refractivity contribution >= 4 is 17.7 Å². The number of hydrogen-bond acceptors (Lipinski definition) is 2. The Labute approximate surface area is 106 Å². The van der Waals surface area contributed by atoms with E-state index in [0.717, 1.165) is 12.0 Å². The lowest BCUT2D eigenvalue weighted by atomic mass is 10.1. The van der Waals surface area contributed by atoms with Crippen LogP contribution in [0.3, 0.4) is 0 Å². The molecule has 2 amide bonds. The van der Waals surface area contributed by atoms with E-state index >= 15 is 0 Å². The maximum atomic E-state index is 12.1. The number of para-hydroxylation sites is 1. The number of amides is 2. The Hall–Kier alpha value is -2.04. The third-order valence-electron chi connectivity index (χ3n) is 3.21. The third kappa shape index (κ3) is 1.92. The van der Waals surface area contributed by atoms with E-state index in [0.29, 0.717) is 5.69 Å². The van der Waals surface area contributed by atoms with Crippen LogP contribution in [-0.4, -0.2) is 41.6 Å². The molecule has 1 aromatic rings. The summed E-state index contributed by atoms with van der Waals surface area (Å²) in [6.45, 7) is 2.20. The van der Waals surface area contributed by atoms with E-state index in [2.05, 4.69) is 0 Å². The van der Waals surface area contributed by atoms with Crippen LogP contribution >= 0.6 is 0 Å². The predicted molar refractivity (Wildman–Crippen MR) is 67.7 cm³/mol. The molecule has 1 heterocycles. The summed E-state index contributed by atoms with van der Waals surface area (Å²) >= 11 is 0. The Morgan fingerprint density at radius 3 is 2.72 bits per heavy atom. The number of aryl methyl sites for hydroxylation is 1. The summed E-state index contributed by atoms with van der Waals surface area (Å²) in [6, 6.07) is 6.35. The number of carbonyl (C=O) groups is 2. The summed E-state index contributed by atoms with van der Waals surface area (Å²) < 4.78 is 0. The van der Waals surface area contributed by atoms with E-state index in [9.17, 15) is 14.7 Å². The zero-order chi connectivity index (χ0) is 13.3. The fraction of sp³-hybridized carbons (Fsp3) is 0.385. The van der Waals surface area contributed by atoms with Crippen molar-refractivity contribution in [3.05, 3.63) is 29.8 Å². The number of carbonyl (C=O) groups excluding carboxylic acids is 1. The molecule has 0 aliphatic carbocycles. The summed E-state index contributed by atoms with van der Waals surface area (Å²) in [6.07, 6.45) is 0.760. The highest BCUT2D eigenvalue weighted by molar-refractivity contribution is 6.01. The van der Waals surface area contributed by atoms with Crippen LogP contribution in [0.1, 0.15) is 12.5 Å². The van der Waals surface area contributed by atoms with Gasteiger partial charge in [-0.25, -0.2) is 9.59 Å². The molecular formula is C13H16N2O3. The smallest absolute Gasteiger partial charge is 0.328 e. The Morgan fingerprint density at radius 1 is 1.44 bits per heavy atom. The topological polar surface area (TPSA) is 60.9 Å². The lowest BCUT2D eigenvalue weighted by Gasteiger charge is -2.22. The summed E-state index contributed by atoms with van der Waals surface area (Å²) in [5.41, 5.74) is 1.68. The molecule has 2 rings (SSSR count). The number of urea groups is 1. The fourth-order valence-electron chi connectivity index (χ4n) is 2.24. The zero-order valence-corrected chi connectivity index (χ0v) is 10.5. The van der Waals surface area contributed by atoms with E-state index in [1.807, 2.05) is 25.1 Å². The fourth-order valence-corrected chi connectivity index (χ4v) is 2.24. The molecule has 1 aliphatic rings. The first kappa shape index (κ1) is 12.4. The molecule has 1 atom stereocenters. The maximum Gasteiger partial charge on any atom is 0.328 e. The van der Waals surface area contributed by atoms with Gasteiger partial charge in [0.15, 0.2) is 6.04 Å². The van der Waals surface area contributed by atoms with Crippen LogP contribution in [0.4, 0.5) is 10.5 Å². The van der Waals surface area contributed by atoms with Crippen molar-refractivity contribution in [3.8, 4) is 0 Å². The molecule has 18 heavy (non-hydrogen) atoms. The van der Waals surface area contributed by atoms with Gasteiger partial charge in [0.25, 0.3) is 0 Å². The predicted octanol–water partition coefficient (Wildman–Crippen LogP) is 1.57. The van der Waals surface area contributed by atoms with Crippen LogP contribution < -0.4 is 4.90 Å². The van der Waals surface area contributed by atoms with E-state index < -0.39 is 12.0 Å². The second-order valence-electron chi connectivity index (χ2n) is 4.37. The van der Waals surface area contributed by atoms with Crippen LogP contribution in [0.15, 0.2) is 24.3 Å². The molecule has 1 N–H and O–H groups in total. The Bertz CT molecular complexity index is 487. The normalized spacial score (nSPS) is 19.4. The average Bonchev–Trinajstić information content (AvgIpc) is 2.66. The number of benzene rings is 1. The standard InChI is InChI=1S/C13H16N2O3/c1-3-9-6-4-5-7-10(9)15-11(12(16)17)8-14(2)13(15)18/h4-7,11H,3,8H2,1-2H3,(H,16,17). The number of carboxylic acids is 1. The van der Waals surface area contributed by atoms with Crippen molar-refractivity contribution in [1.82, 2.24) is 4.90 Å². The molecule has 1 aromatic carbocycles. The van der Waals surface area contributed by atoms with E-state index in [-0.39, 0.29) is 12.6 Å². The summed E-state index contributed by atoms with van der Waals surface area (Å²) in [7, 11) is 1.62. The number of anilines is 1. The van der Waals surface area contributed by atoms with Gasteiger partial charge in [-0.05, 0) is 18.1 Å². The van der Waals surface area contributed by atoms with Gasteiger partial charge in [-0.3, -0.25) is 4.90 Å². The first-order valence-electron chi connectivity index (χ1n) is 5.91. The van der Waals surface area contributed by atoms with Gasteiger partial charge in [0.1, 0.15) is 0 Å². The van der Waals surface area contributed by atoms with Crippen molar-refractivity contribution in [1.29, 1.82) is 0 Å². The van der Waals surface area contributed by atoms with Crippen LogP contribution in [0.5, 0.6) is 0 Å². The van der Waals surface area contributed by atoms with Gasteiger partial charge in [0.05, 0.1) is 6.54 Å². The largest absolute Gasteiger partial charge is 0.480 e. The number of nitrogens with zero attached hydrogens (tertiary/aromatic N) is 2. The Morgan fingerprint density at radius 2 is 2.11 bits per heavy atom. The monoisotopic (exact) mass is 248 g/mol. The minimum Gasteiger partial charge on any atom is -0.480 e. The van der Waals surface area contributed by atoms with E-state index in [1.165, 1.54) is 9.80 Å². The summed E-state index contributed by atoms with van der Waals surface area (Å²) in [5, 5.41) is 9.22. The number of aliphatic carboxylic acids is 1. The van der Waals surface area contributed by atoms with Gasteiger partial charge in [0.2, 0.25) is 0 Å². The van der Waals surface area contributed by atoms with E-state index in [4.69, 9.17) is 0 Å². The number of likely N-dealkylation sites (N-methyl/N-ethyl adjacent to an activating group) is 1. The molecule has 0 radical (unpaired) electrons. The van der Waals surface area contributed by atoms with Crippen molar-refractivity contribution in [2.24, 2.45) is 0 Å². The summed E-state index contributed by atoms with van der Waals surface area (Å²) in [5.74, 6) is -0.974. The summed E-state index contributed by atoms with van der Waals surface area (Å²) in [4.78, 5) is 26.1. The Balaban J connectivity index is 2.46. The molecule has 96 valence electrons. The highest BCUT2D eigenvalue weighted by Crippen LogP contribution is 2.28. The third-order valence-corrected chi connectivity index (χ3v) is 3.21. The molecule has 0 aromatic heterocycles. The first-order valence-corrected chi connectivity index (χ1v) is 5.91. The number of rotatable bonds is 3. The molecule has 5 heteroatoms. The maximum absolute atomic E-state index is 12.1. The van der Waals surface area contributed by atoms with Crippen LogP contribution in [-0.2, 0) is 11.2 Å². The molecule has 0 bridgehead atoms. The average molecular weight is 248 g/mol.